The molecule has 6 nitrogen and oxygen atoms in total. The first-order valence-electron chi connectivity index (χ1n) is 5.12. The number of hydrogen-bond donors (Lipinski definition) is 2. The Balaban J connectivity index is 2.26. The maximum atomic E-state index is 11.0. The summed E-state index contributed by atoms with van der Waals surface area (Å²) < 4.78 is 0.594. The van der Waals surface area contributed by atoms with E-state index in [0.717, 1.165) is 16.2 Å². The fraction of sp³-hybridized carbons (Fsp3) is 0.0909. The van der Waals surface area contributed by atoms with Crippen molar-refractivity contribution < 1.29 is 14.7 Å². The average Bonchev–Trinajstić information content (AvgIpc) is 2.70. The fourth-order valence-electron chi connectivity index (χ4n) is 1.32. The molecule has 98 valence electrons. The van der Waals surface area contributed by atoms with Crippen molar-refractivity contribution >= 4 is 35.0 Å². The van der Waals surface area contributed by atoms with E-state index >= 15 is 0 Å². The quantitative estimate of drug-likeness (QED) is 0.890. The average molecular weight is 295 g/mol. The van der Waals surface area contributed by atoms with Crippen LogP contribution in [0.3, 0.4) is 0 Å². The number of nitrogens with zero attached hydrogens (tertiary/aromatic N) is 2. The molecule has 0 aliphatic rings. The number of nitrogens with two attached hydrogens (primary N) is 1. The summed E-state index contributed by atoms with van der Waals surface area (Å²) in [6, 6.07) is 3.25. The number of aromatic carboxylic acids is 1. The summed E-state index contributed by atoms with van der Waals surface area (Å²) in [5.74, 6) is -1.60. The zero-order valence-corrected chi connectivity index (χ0v) is 11.4. The van der Waals surface area contributed by atoms with Gasteiger partial charge >= 0.3 is 5.97 Å². The third-order valence-corrected chi connectivity index (χ3v) is 4.36. The number of primary amides is 1. The van der Waals surface area contributed by atoms with Crippen LogP contribution in [-0.4, -0.2) is 27.0 Å². The Morgan fingerprint density at radius 2 is 2.21 bits per heavy atom. The number of carboxylic acid groups (broad SMARTS) is 1. The van der Waals surface area contributed by atoms with Crippen LogP contribution in [-0.2, 0) is 0 Å². The second kappa shape index (κ2) is 5.37. The minimum Gasteiger partial charge on any atom is -0.477 e. The molecule has 0 aromatic carbocycles. The highest BCUT2D eigenvalue weighted by Crippen LogP contribution is 2.32. The van der Waals surface area contributed by atoms with Crippen molar-refractivity contribution in [3.8, 4) is 0 Å². The first kappa shape index (κ1) is 13.5. The van der Waals surface area contributed by atoms with Gasteiger partial charge in [0.2, 0.25) is 0 Å². The molecular formula is C11H9N3O3S2. The molecule has 0 fully saturated rings. The molecular weight excluding hydrogens is 286 g/mol. The molecule has 0 saturated heterocycles. The Kier molecular flexibility index (Phi) is 3.82. The molecule has 2 aromatic heterocycles. The summed E-state index contributed by atoms with van der Waals surface area (Å²) in [6.45, 7) is 1.64. The van der Waals surface area contributed by atoms with Gasteiger partial charge in [-0.25, -0.2) is 9.78 Å². The van der Waals surface area contributed by atoms with E-state index in [0.29, 0.717) is 10.0 Å². The lowest BCUT2D eigenvalue weighted by molar-refractivity contribution is 0.0701. The van der Waals surface area contributed by atoms with Gasteiger partial charge < -0.3 is 10.8 Å². The highest BCUT2D eigenvalue weighted by Gasteiger charge is 2.15. The van der Waals surface area contributed by atoms with Crippen molar-refractivity contribution in [2.45, 2.75) is 16.2 Å². The van der Waals surface area contributed by atoms with E-state index in [9.17, 15) is 9.59 Å². The number of aromatic nitrogens is 2. The molecule has 0 aliphatic carbocycles. The van der Waals surface area contributed by atoms with Crippen molar-refractivity contribution in [2.75, 3.05) is 0 Å². The Morgan fingerprint density at radius 1 is 1.47 bits per heavy atom. The van der Waals surface area contributed by atoms with Crippen LogP contribution in [0.15, 0.2) is 27.6 Å². The van der Waals surface area contributed by atoms with Crippen molar-refractivity contribution in [3.05, 3.63) is 34.6 Å². The lowest BCUT2D eigenvalue weighted by Gasteiger charge is -1.99. The van der Waals surface area contributed by atoms with E-state index in [1.807, 2.05) is 0 Å². The smallest absolute Gasteiger partial charge is 0.347 e. The van der Waals surface area contributed by atoms with Crippen LogP contribution >= 0.6 is 23.1 Å². The monoisotopic (exact) mass is 295 g/mol. The molecule has 0 saturated carbocycles. The van der Waals surface area contributed by atoms with Crippen LogP contribution in [0.25, 0.3) is 0 Å². The van der Waals surface area contributed by atoms with Crippen molar-refractivity contribution in [1.29, 1.82) is 0 Å². The maximum Gasteiger partial charge on any atom is 0.347 e. The number of hydrogen-bond acceptors (Lipinski definition) is 6. The van der Waals surface area contributed by atoms with Crippen molar-refractivity contribution in [1.82, 2.24) is 9.97 Å². The fourth-order valence-corrected chi connectivity index (χ4v) is 3.35. The molecule has 2 aromatic rings. The summed E-state index contributed by atoms with van der Waals surface area (Å²) in [6.07, 6.45) is 1.47. The van der Waals surface area contributed by atoms with Crippen LogP contribution in [0.5, 0.6) is 0 Å². The molecule has 0 unspecified atom stereocenters. The van der Waals surface area contributed by atoms with Gasteiger partial charge in [-0.15, -0.1) is 11.3 Å². The van der Waals surface area contributed by atoms with Gasteiger partial charge in [0.05, 0.1) is 5.69 Å². The number of thiazole rings is 1. The number of amides is 1. The zero-order chi connectivity index (χ0) is 14.0. The van der Waals surface area contributed by atoms with E-state index in [4.69, 9.17) is 10.8 Å². The van der Waals surface area contributed by atoms with Crippen LogP contribution in [0, 0.1) is 6.92 Å². The number of rotatable bonds is 4. The summed E-state index contributed by atoms with van der Waals surface area (Å²) in [5.41, 5.74) is 5.78. The standard InChI is InChI=1S/C11H9N3O3S2/c1-5-8(10(16)17)19-11(14-5)18-6-2-3-13-7(4-6)9(12)15/h2-4H,1H3,(H2,12,15)(H,16,17). The Labute approximate surface area is 116 Å². The highest BCUT2D eigenvalue weighted by molar-refractivity contribution is 8.01. The lowest BCUT2D eigenvalue weighted by atomic mass is 10.3. The predicted molar refractivity (Wildman–Crippen MR) is 70.7 cm³/mol. The Bertz CT molecular complexity index is 654. The molecule has 0 radical (unpaired) electrons. The third-order valence-electron chi connectivity index (χ3n) is 2.16. The molecule has 8 heteroatoms. The molecule has 19 heavy (non-hydrogen) atoms. The molecule has 0 atom stereocenters. The van der Waals surface area contributed by atoms with Crippen LogP contribution in [0.4, 0.5) is 0 Å². The van der Waals surface area contributed by atoms with Crippen molar-refractivity contribution in [3.63, 3.8) is 0 Å². The number of carbonyl (C=O) groups excluding carboxylic acids is 1. The summed E-state index contributed by atoms with van der Waals surface area (Å²) in [7, 11) is 0. The number of aryl methyl sites for hydroxylation is 1. The Hall–Kier alpha value is -1.93. The number of carbonyl (C=O) groups is 2. The predicted octanol–water partition coefficient (Wildman–Crippen LogP) is 1.79. The summed E-state index contributed by atoms with van der Waals surface area (Å²) in [5, 5.41) is 8.95. The van der Waals surface area contributed by atoms with Gasteiger partial charge in [0.15, 0.2) is 4.34 Å². The SMILES string of the molecule is Cc1nc(Sc2ccnc(C(N)=O)c2)sc1C(=O)O. The second-order valence-electron chi connectivity index (χ2n) is 3.54. The van der Waals surface area contributed by atoms with Crippen molar-refractivity contribution in [2.24, 2.45) is 5.73 Å². The summed E-state index contributed by atoms with van der Waals surface area (Å²) in [4.78, 5) is 30.9. The Morgan fingerprint density at radius 3 is 2.79 bits per heavy atom. The normalized spacial score (nSPS) is 10.4. The second-order valence-corrected chi connectivity index (χ2v) is 5.86. The van der Waals surface area contributed by atoms with Gasteiger partial charge in [0.1, 0.15) is 10.6 Å². The van der Waals surface area contributed by atoms with E-state index in [1.54, 1.807) is 19.1 Å². The third kappa shape index (κ3) is 3.09. The van der Waals surface area contributed by atoms with E-state index in [2.05, 4.69) is 9.97 Å². The van der Waals surface area contributed by atoms with Gasteiger partial charge in [-0.1, -0.05) is 11.8 Å². The minimum atomic E-state index is -0.991. The van der Waals surface area contributed by atoms with Gasteiger partial charge in [-0.2, -0.15) is 0 Å². The molecule has 2 rings (SSSR count). The minimum absolute atomic E-state index is 0.164. The van der Waals surface area contributed by atoms with Crippen LogP contribution < -0.4 is 5.73 Å². The first-order valence-corrected chi connectivity index (χ1v) is 6.75. The molecule has 0 aliphatic heterocycles. The van der Waals surface area contributed by atoms with Gasteiger partial charge in [0, 0.05) is 11.1 Å². The van der Waals surface area contributed by atoms with Crippen LogP contribution in [0.2, 0.25) is 0 Å². The van der Waals surface area contributed by atoms with E-state index < -0.39 is 11.9 Å². The first-order chi connectivity index (χ1) is 8.97. The number of carboxylic acids is 1. The van der Waals surface area contributed by atoms with E-state index in [-0.39, 0.29) is 10.6 Å². The molecule has 0 spiro atoms. The topological polar surface area (TPSA) is 106 Å². The molecule has 0 bridgehead atoms. The van der Waals surface area contributed by atoms with Gasteiger partial charge in [-0.05, 0) is 19.1 Å². The van der Waals surface area contributed by atoms with E-state index in [1.165, 1.54) is 18.0 Å². The molecule has 1 amide bonds. The largest absolute Gasteiger partial charge is 0.477 e. The lowest BCUT2D eigenvalue weighted by Crippen LogP contribution is -2.12. The highest BCUT2D eigenvalue weighted by atomic mass is 32.2. The maximum absolute atomic E-state index is 11.0. The summed E-state index contributed by atoms with van der Waals surface area (Å²) >= 11 is 2.36. The van der Waals surface area contributed by atoms with Gasteiger partial charge in [0.25, 0.3) is 5.91 Å². The number of pyridine rings is 1. The van der Waals surface area contributed by atoms with Gasteiger partial charge in [-0.3, -0.25) is 9.78 Å². The van der Waals surface area contributed by atoms with Crippen LogP contribution in [0.1, 0.15) is 25.9 Å². The molecule has 3 N–H and O–H groups in total. The zero-order valence-electron chi connectivity index (χ0n) is 9.78. The molecule has 2 heterocycles.